The van der Waals surface area contributed by atoms with Crippen LogP contribution in [0.3, 0.4) is 0 Å². The van der Waals surface area contributed by atoms with Crippen molar-refractivity contribution in [1.29, 1.82) is 0 Å². The predicted octanol–water partition coefficient (Wildman–Crippen LogP) is 25.4. The Kier molecular flexibility index (Phi) is 78.7. The normalized spacial score (nSPS) is 15.0. The van der Waals surface area contributed by atoms with Crippen LogP contribution in [0.25, 0.3) is 0 Å². The largest absolute Gasteiger partial charge is 0.472 e. The number of phosphoric ester groups is 2. The Bertz CT molecular complexity index is 2900. The van der Waals surface area contributed by atoms with Gasteiger partial charge in [-0.1, -0.05) is 329 Å². The molecule has 5 unspecified atom stereocenters. The number of hydrogen-bond donors (Lipinski definition) is 4. The molecule has 0 aliphatic rings. The van der Waals surface area contributed by atoms with Crippen LogP contribution in [0, 0.1) is 0 Å². The molecule has 0 aliphatic heterocycles. The Labute approximate surface area is 672 Å². The van der Waals surface area contributed by atoms with Gasteiger partial charge in [0.1, 0.15) is 25.4 Å². The Hall–Kier alpha value is -6.13. The van der Waals surface area contributed by atoms with E-state index in [4.69, 9.17) is 32.3 Å². The molecule has 0 saturated heterocycles. The van der Waals surface area contributed by atoms with Crippen molar-refractivity contribution < 1.29 is 75.8 Å². The van der Waals surface area contributed by atoms with Gasteiger partial charge in [-0.05, 0) is 161 Å². The lowest BCUT2D eigenvalue weighted by Gasteiger charge is -2.21. The van der Waals surface area contributed by atoms with Crippen LogP contribution >= 0.6 is 15.6 Å². The molecule has 18 heteroatoms. The minimum absolute atomic E-state index is 0.0332. The number of carbonyl (C=O) groups excluding carboxylic acids is 3. The molecule has 0 spiro atoms. The smallest absolute Gasteiger partial charge is 0.463 e. The van der Waals surface area contributed by atoms with Crippen LogP contribution in [0.2, 0.25) is 0 Å². The Morgan fingerprint density at radius 2 is 0.468 bits per heavy atom. The second-order valence-corrected chi connectivity index (χ2v) is 30.0. The maximum absolute atomic E-state index is 13.0. The molecule has 626 valence electrons. The van der Waals surface area contributed by atoms with Crippen LogP contribution in [-0.2, 0) is 55.8 Å². The van der Waals surface area contributed by atoms with E-state index in [2.05, 4.69) is 221 Å². The van der Waals surface area contributed by atoms with Crippen LogP contribution in [0.5, 0.6) is 0 Å². The topological polar surface area (TPSA) is 231 Å². The van der Waals surface area contributed by atoms with Crippen molar-refractivity contribution in [2.45, 2.75) is 309 Å². The van der Waals surface area contributed by atoms with Crippen LogP contribution in [-0.4, -0.2) is 95.9 Å². The van der Waals surface area contributed by atoms with E-state index in [-0.39, 0.29) is 19.3 Å². The summed E-state index contributed by atoms with van der Waals surface area (Å²) in [6, 6.07) is 0. The predicted molar refractivity (Wildman–Crippen MR) is 463 cm³/mol. The van der Waals surface area contributed by atoms with E-state index in [1.807, 2.05) is 18.2 Å². The molecule has 0 bridgehead atoms. The van der Waals surface area contributed by atoms with Gasteiger partial charge in [0.15, 0.2) is 6.10 Å². The average Bonchev–Trinajstić information content (AvgIpc) is 0.895. The zero-order valence-electron chi connectivity index (χ0n) is 68.5. The van der Waals surface area contributed by atoms with Crippen molar-refractivity contribution in [3.05, 3.63) is 219 Å². The summed E-state index contributed by atoms with van der Waals surface area (Å²) in [5.74, 6) is -1.71. The first kappa shape index (κ1) is 105. The van der Waals surface area contributed by atoms with Gasteiger partial charge in [0.05, 0.1) is 26.4 Å². The summed E-state index contributed by atoms with van der Waals surface area (Å²) in [5, 5.41) is 20.7. The van der Waals surface area contributed by atoms with Crippen molar-refractivity contribution in [3.8, 4) is 0 Å². The summed E-state index contributed by atoms with van der Waals surface area (Å²) in [4.78, 5) is 58.8. The summed E-state index contributed by atoms with van der Waals surface area (Å²) >= 11 is 0. The highest BCUT2D eigenvalue weighted by Crippen LogP contribution is 2.45. The molecule has 0 amide bonds. The van der Waals surface area contributed by atoms with Gasteiger partial charge in [-0.3, -0.25) is 32.5 Å². The van der Waals surface area contributed by atoms with Gasteiger partial charge in [-0.25, -0.2) is 9.13 Å². The zero-order chi connectivity index (χ0) is 80.8. The number of ether oxygens (including phenoxy) is 3. The minimum Gasteiger partial charge on any atom is -0.463 e. The Balaban J connectivity index is 4.67. The quantitative estimate of drug-likeness (QED) is 0.0146. The monoisotopic (exact) mass is 1580 g/mol. The first-order valence-corrected chi connectivity index (χ1v) is 45.0. The van der Waals surface area contributed by atoms with Gasteiger partial charge in [0, 0.05) is 19.3 Å². The lowest BCUT2D eigenvalue weighted by Crippen LogP contribution is -2.29. The molecule has 0 radical (unpaired) electrons. The van der Waals surface area contributed by atoms with Crippen LogP contribution in [0.1, 0.15) is 290 Å². The number of rotatable bonds is 77. The first-order valence-electron chi connectivity index (χ1n) is 42.0. The summed E-state index contributed by atoms with van der Waals surface area (Å²) in [6.07, 6.45) is 113. The van der Waals surface area contributed by atoms with Gasteiger partial charge >= 0.3 is 33.6 Å². The van der Waals surface area contributed by atoms with Gasteiger partial charge < -0.3 is 34.2 Å². The molecular weight excluding hydrogens is 1430 g/mol. The number of carbonyl (C=O) groups is 3. The van der Waals surface area contributed by atoms with Crippen LogP contribution < -0.4 is 0 Å². The van der Waals surface area contributed by atoms with Crippen molar-refractivity contribution in [2.75, 3.05) is 39.6 Å². The zero-order valence-corrected chi connectivity index (χ0v) is 70.3. The number of allylic oxidation sites excluding steroid dienone is 36. The number of unbranched alkanes of at least 4 members (excludes halogenated alkanes) is 18. The molecule has 0 rings (SSSR count). The number of aliphatic hydroxyl groups is 2. The van der Waals surface area contributed by atoms with E-state index in [1.54, 1.807) is 0 Å². The molecule has 0 heterocycles. The second kappa shape index (κ2) is 83.3. The van der Waals surface area contributed by atoms with Crippen molar-refractivity contribution in [3.63, 3.8) is 0 Å². The molecule has 0 aromatic carbocycles. The lowest BCUT2D eigenvalue weighted by molar-refractivity contribution is -0.161. The highest BCUT2D eigenvalue weighted by molar-refractivity contribution is 7.47. The average molecular weight is 1580 g/mol. The SMILES string of the molecule is CC/C=C\C/C=C\C/C=C\C/C=C\C/C=C\C/C=C\CCCCCCCCCCCCCCC(=O)OCC(O)COP(=O)(O)OCC(O)COP(=O)(O)OCC(COC(=O)CCCCCCCC/C=C\C/C=C\C/C=C\C/C=C\C/C=C\C/C=C\CC)OC(=O)CC/C=C\C/C=C\C/C=C\C/C=C\C/C=C\C/C=C\CC. The first-order chi connectivity index (χ1) is 54.2. The molecule has 0 saturated carbocycles. The van der Waals surface area contributed by atoms with Gasteiger partial charge in [0.2, 0.25) is 0 Å². The van der Waals surface area contributed by atoms with Gasteiger partial charge in [-0.2, -0.15) is 0 Å². The molecule has 0 aromatic rings. The number of hydrogen-bond acceptors (Lipinski definition) is 14. The van der Waals surface area contributed by atoms with E-state index >= 15 is 0 Å². The highest BCUT2D eigenvalue weighted by atomic mass is 31.2. The molecule has 5 atom stereocenters. The molecule has 0 fully saturated rings. The third-order valence-electron chi connectivity index (χ3n) is 16.7. The second-order valence-electron chi connectivity index (χ2n) is 27.1. The molecule has 4 N–H and O–H groups in total. The van der Waals surface area contributed by atoms with Gasteiger partial charge in [0.25, 0.3) is 0 Å². The fraction of sp³-hybridized carbons (Fsp3) is 0.581. The van der Waals surface area contributed by atoms with Crippen molar-refractivity contribution >= 4 is 33.6 Å². The third-order valence-corrected chi connectivity index (χ3v) is 18.6. The third kappa shape index (κ3) is 84.6. The van der Waals surface area contributed by atoms with E-state index in [0.29, 0.717) is 25.7 Å². The fourth-order valence-corrected chi connectivity index (χ4v) is 12.0. The van der Waals surface area contributed by atoms with Gasteiger partial charge in [-0.15, -0.1) is 0 Å². The molecule has 0 aromatic heterocycles. The Morgan fingerprint density at radius 1 is 0.252 bits per heavy atom. The highest BCUT2D eigenvalue weighted by Gasteiger charge is 2.29. The minimum atomic E-state index is -4.97. The maximum Gasteiger partial charge on any atom is 0.472 e. The lowest BCUT2D eigenvalue weighted by atomic mass is 10.0. The summed E-state index contributed by atoms with van der Waals surface area (Å²) < 4.78 is 61.2. The number of esters is 3. The standard InChI is InChI=1S/C93H148O16P2/c1-4-7-10-13-16-19-22-25-28-31-34-36-38-40-41-42-43-44-45-47-49-50-53-55-58-61-64-67-70-73-76-79-91(96)103-82-88(94)83-105-110(99,100)106-84-89(95)85-107-111(101,102)108-87-90(109-93(98)81-78-75-72-69-66-63-60-57-52-33-30-27-24-21-18-15-12-9-6-3)86-104-92(97)80-77-74-71-68-65-62-59-56-54-51-48-46-39-37-35-32-29-26-23-20-17-14-11-8-5-2/h7-12,16-21,25-30,34-37,40-41,43-44,46,48,52,54,56-57,63,66,72,75,88-90,94-95H,4-6,13-15,22-24,31-33,38-39,42,45,47,49-51,53,55,58-62,64-65,67-71,73-74,76-87H2,1-3H3,(H,99,100)(H,101,102)/b10-7-,11-8-,12-9-,19-16-,20-17-,21-18-,28-25-,29-26-,30-27-,36-34-,37-35-,41-40-,44-43-,48-46-,56-54-,57-52-,66-63-,75-72-. The van der Waals surface area contributed by atoms with E-state index in [0.717, 1.165) is 180 Å². The van der Waals surface area contributed by atoms with Crippen molar-refractivity contribution in [1.82, 2.24) is 0 Å². The molecule has 0 aliphatic carbocycles. The van der Waals surface area contributed by atoms with E-state index in [9.17, 15) is 43.5 Å². The summed E-state index contributed by atoms with van der Waals surface area (Å²) in [5.41, 5.74) is 0. The number of aliphatic hydroxyl groups excluding tert-OH is 2. The van der Waals surface area contributed by atoms with Crippen LogP contribution in [0.15, 0.2) is 219 Å². The van der Waals surface area contributed by atoms with E-state index < -0.39 is 91.5 Å². The summed E-state index contributed by atoms with van der Waals surface area (Å²) in [7, 11) is -9.85. The molecular formula is C93H148O16P2. The van der Waals surface area contributed by atoms with E-state index in [1.165, 1.54) is 44.9 Å². The molecule has 16 nitrogen and oxygen atoms in total. The van der Waals surface area contributed by atoms with Crippen LogP contribution in [0.4, 0.5) is 0 Å². The summed E-state index contributed by atoms with van der Waals surface area (Å²) in [6.45, 7) is 2.21. The molecule has 111 heavy (non-hydrogen) atoms. The maximum atomic E-state index is 13.0. The number of phosphoric acid groups is 2. The van der Waals surface area contributed by atoms with Crippen molar-refractivity contribution in [2.24, 2.45) is 0 Å². The fourth-order valence-electron chi connectivity index (χ4n) is 10.4. The Morgan fingerprint density at radius 3 is 0.748 bits per heavy atom.